The highest BCUT2D eigenvalue weighted by atomic mass is 35.5. The first-order valence-corrected chi connectivity index (χ1v) is 9.29. The number of nitrogens with zero attached hydrogens (tertiary/aromatic N) is 3. The van der Waals surface area contributed by atoms with Gasteiger partial charge in [0.25, 0.3) is 0 Å². The van der Waals surface area contributed by atoms with Crippen LogP contribution in [-0.2, 0) is 6.54 Å². The molecule has 124 valence electrons. The fourth-order valence-corrected chi connectivity index (χ4v) is 4.33. The predicted molar refractivity (Wildman–Crippen MR) is 98.1 cm³/mol. The van der Waals surface area contributed by atoms with E-state index in [1.54, 1.807) is 17.5 Å². The van der Waals surface area contributed by atoms with Gasteiger partial charge in [0, 0.05) is 35.4 Å². The molecule has 0 atom stereocenters. The van der Waals surface area contributed by atoms with Crippen LogP contribution in [0.5, 0.6) is 0 Å². The Labute approximate surface area is 150 Å². The molecule has 6 heteroatoms. The van der Waals surface area contributed by atoms with Crippen molar-refractivity contribution in [1.82, 2.24) is 4.90 Å². The van der Waals surface area contributed by atoms with Gasteiger partial charge in [-0.25, -0.2) is 0 Å². The van der Waals surface area contributed by atoms with E-state index in [0.29, 0.717) is 0 Å². The van der Waals surface area contributed by atoms with Crippen molar-refractivity contribution in [2.45, 2.75) is 6.54 Å². The summed E-state index contributed by atoms with van der Waals surface area (Å²) in [4.78, 5) is 4.68. The lowest BCUT2D eigenvalue weighted by atomic mass is 10.1. The third-order valence-corrected chi connectivity index (χ3v) is 5.77. The topological polar surface area (TPSA) is 30.6 Å². The van der Waals surface area contributed by atoms with E-state index >= 15 is 0 Å². The van der Waals surface area contributed by atoms with E-state index in [1.807, 2.05) is 24.3 Å². The second-order valence-corrected chi connectivity index (χ2v) is 7.42. The van der Waals surface area contributed by atoms with E-state index in [2.05, 4.69) is 27.3 Å². The number of fused-ring (bicyclic) bond motifs is 1. The minimum Gasteiger partial charge on any atom is -0.350 e. The Morgan fingerprint density at radius 1 is 1.12 bits per heavy atom. The first-order chi connectivity index (χ1) is 11.7. The van der Waals surface area contributed by atoms with Crippen molar-refractivity contribution < 1.29 is 9.94 Å². The Morgan fingerprint density at radius 3 is 2.75 bits per heavy atom. The highest BCUT2D eigenvalue weighted by Crippen LogP contribution is 2.29. The second kappa shape index (κ2) is 6.59. The van der Waals surface area contributed by atoms with E-state index in [-0.39, 0.29) is 0 Å². The molecule has 3 aromatic rings. The van der Waals surface area contributed by atoms with Crippen LogP contribution in [0.2, 0.25) is 5.02 Å². The van der Waals surface area contributed by atoms with Crippen LogP contribution in [0.1, 0.15) is 5.56 Å². The lowest BCUT2D eigenvalue weighted by molar-refractivity contribution is -0.894. The largest absolute Gasteiger partial charge is 0.350 e. The number of hydrogen-bond donors (Lipinski definition) is 1. The smallest absolute Gasteiger partial charge is 0.316 e. The third-order valence-electron chi connectivity index (χ3n) is 4.52. The summed E-state index contributed by atoms with van der Waals surface area (Å²) in [6, 6.07) is 11.8. The minimum atomic E-state index is 0.795. The fraction of sp³-hybridized carbons (Fsp3) is 0.278. The van der Waals surface area contributed by atoms with Gasteiger partial charge in [-0.05, 0) is 40.6 Å². The zero-order chi connectivity index (χ0) is 16.5. The van der Waals surface area contributed by atoms with E-state index in [1.165, 1.54) is 20.4 Å². The molecule has 1 N–H and O–H groups in total. The highest BCUT2D eigenvalue weighted by Gasteiger charge is 2.25. The summed E-state index contributed by atoms with van der Waals surface area (Å²) in [7, 11) is 0. The number of benzene rings is 1. The summed E-state index contributed by atoms with van der Waals surface area (Å²) in [5.74, 6) is 0.852. The Kier molecular flexibility index (Phi) is 4.31. The highest BCUT2D eigenvalue weighted by molar-refractivity contribution is 7.17. The van der Waals surface area contributed by atoms with Crippen molar-refractivity contribution in [2.75, 3.05) is 31.1 Å². The van der Waals surface area contributed by atoms with Crippen LogP contribution in [0.3, 0.4) is 0 Å². The summed E-state index contributed by atoms with van der Waals surface area (Å²) < 4.78 is 2.49. The van der Waals surface area contributed by atoms with Gasteiger partial charge >= 0.3 is 5.82 Å². The second-order valence-electron chi connectivity index (χ2n) is 6.07. The molecule has 0 amide bonds. The summed E-state index contributed by atoms with van der Waals surface area (Å²) in [5.41, 5.74) is 1.35. The van der Waals surface area contributed by atoms with Gasteiger partial charge in [0.15, 0.2) is 0 Å². The summed E-state index contributed by atoms with van der Waals surface area (Å²) >= 11 is 7.93. The number of hydrogen-bond acceptors (Lipinski definition) is 4. The van der Waals surface area contributed by atoms with Crippen LogP contribution >= 0.6 is 22.9 Å². The molecule has 1 fully saturated rings. The van der Waals surface area contributed by atoms with Crippen LogP contribution in [0.4, 0.5) is 5.82 Å². The Morgan fingerprint density at radius 2 is 1.96 bits per heavy atom. The number of thiophene rings is 1. The Hall–Kier alpha value is -1.82. The number of halogens is 1. The monoisotopic (exact) mass is 360 g/mol. The molecule has 1 saturated heterocycles. The molecular formula is C18H19ClN3OS+. The zero-order valence-electron chi connectivity index (χ0n) is 13.2. The maximum absolute atomic E-state index is 9.93. The van der Waals surface area contributed by atoms with E-state index < -0.39 is 0 Å². The molecule has 4 nitrogen and oxygen atoms in total. The Balaban J connectivity index is 1.44. The Bertz CT molecular complexity index is 858. The van der Waals surface area contributed by atoms with Gasteiger partial charge in [-0.2, -0.15) is 0 Å². The molecule has 0 saturated carbocycles. The molecule has 1 aliphatic rings. The minimum absolute atomic E-state index is 0.795. The quantitative estimate of drug-likeness (QED) is 0.573. The summed E-state index contributed by atoms with van der Waals surface area (Å²) in [6.07, 6.45) is 1.67. The van der Waals surface area contributed by atoms with Gasteiger partial charge in [0.05, 0.1) is 13.1 Å². The van der Waals surface area contributed by atoms with Crippen LogP contribution < -0.4 is 9.63 Å². The van der Waals surface area contributed by atoms with Crippen molar-refractivity contribution in [3.05, 3.63) is 58.6 Å². The molecule has 0 aliphatic carbocycles. The van der Waals surface area contributed by atoms with Gasteiger partial charge in [0.2, 0.25) is 0 Å². The summed E-state index contributed by atoms with van der Waals surface area (Å²) in [5, 5.41) is 14.2. The SMILES string of the molecule is O[n+]1ccccc1N1CCN(Cc2csc3ccc(Cl)cc23)CC1. The molecule has 3 heterocycles. The molecule has 0 unspecified atom stereocenters. The number of pyridine rings is 1. The standard InChI is InChI=1S/C18H19ClN3OS/c19-15-4-5-17-16(11-15)14(13-24-17)12-20-7-9-21(10-8-20)18-3-1-2-6-22(18)23/h1-6,11,13,23H,7-10,12H2/q+1. The normalized spacial score (nSPS) is 16.0. The van der Waals surface area contributed by atoms with Crippen molar-refractivity contribution >= 4 is 38.8 Å². The first-order valence-electron chi connectivity index (χ1n) is 8.03. The van der Waals surface area contributed by atoms with Gasteiger partial charge in [-0.1, -0.05) is 22.4 Å². The molecule has 4 rings (SSSR count). The maximum Gasteiger partial charge on any atom is 0.316 e. The molecule has 2 aromatic heterocycles. The molecular weight excluding hydrogens is 342 g/mol. The van der Waals surface area contributed by atoms with Crippen molar-refractivity contribution in [3.8, 4) is 0 Å². The van der Waals surface area contributed by atoms with Gasteiger partial charge in [-0.3, -0.25) is 9.80 Å². The average molecular weight is 361 g/mol. The van der Waals surface area contributed by atoms with Gasteiger partial charge in [-0.15, -0.1) is 11.3 Å². The molecule has 1 aliphatic heterocycles. The van der Waals surface area contributed by atoms with E-state index in [9.17, 15) is 5.21 Å². The number of anilines is 1. The van der Waals surface area contributed by atoms with Crippen LogP contribution in [-0.4, -0.2) is 36.3 Å². The average Bonchev–Trinajstić information content (AvgIpc) is 2.98. The number of piperazine rings is 1. The maximum atomic E-state index is 9.93. The van der Waals surface area contributed by atoms with Crippen LogP contribution in [0.15, 0.2) is 48.0 Å². The third kappa shape index (κ3) is 3.07. The lowest BCUT2D eigenvalue weighted by Gasteiger charge is -2.30. The molecule has 24 heavy (non-hydrogen) atoms. The molecule has 0 spiro atoms. The molecule has 1 aromatic carbocycles. The van der Waals surface area contributed by atoms with E-state index in [4.69, 9.17) is 11.6 Å². The van der Waals surface area contributed by atoms with E-state index in [0.717, 1.165) is 43.6 Å². The predicted octanol–water partition coefficient (Wildman–Crippen LogP) is 3.40. The van der Waals surface area contributed by atoms with Crippen molar-refractivity contribution in [2.24, 2.45) is 0 Å². The fourth-order valence-electron chi connectivity index (χ4n) is 3.23. The van der Waals surface area contributed by atoms with Gasteiger partial charge in [0.1, 0.15) is 6.20 Å². The number of rotatable bonds is 3. The van der Waals surface area contributed by atoms with Crippen molar-refractivity contribution in [1.29, 1.82) is 0 Å². The van der Waals surface area contributed by atoms with Gasteiger partial charge < -0.3 is 5.21 Å². The number of aromatic nitrogens is 1. The molecule has 0 bridgehead atoms. The van der Waals surface area contributed by atoms with Crippen LogP contribution in [0, 0.1) is 0 Å². The lowest BCUT2D eigenvalue weighted by Crippen LogP contribution is -2.50. The van der Waals surface area contributed by atoms with Crippen molar-refractivity contribution in [3.63, 3.8) is 0 Å². The molecule has 0 radical (unpaired) electrons. The van der Waals surface area contributed by atoms with Crippen LogP contribution in [0.25, 0.3) is 10.1 Å². The summed E-state index contributed by atoms with van der Waals surface area (Å²) in [6.45, 7) is 4.72. The first kappa shape index (κ1) is 15.7. The zero-order valence-corrected chi connectivity index (χ0v) is 14.8.